The van der Waals surface area contributed by atoms with E-state index in [9.17, 15) is 4.79 Å². The van der Waals surface area contributed by atoms with E-state index >= 15 is 0 Å². The number of rotatable bonds is 6. The standard InChI is InChI=1S/C14H26N4O2S/c1-10-12(21-9-17-10)8-18(5)11(6-15)7-16-13(19)20-14(2,3)4/h9,11H,6-8,15H2,1-5H3,(H,16,19). The number of likely N-dealkylation sites (N-methyl/N-ethyl adjacent to an activating group) is 1. The fourth-order valence-electron chi connectivity index (χ4n) is 1.77. The summed E-state index contributed by atoms with van der Waals surface area (Å²) < 4.78 is 5.22. The molecule has 1 aromatic heterocycles. The zero-order valence-corrected chi connectivity index (χ0v) is 14.3. The molecule has 21 heavy (non-hydrogen) atoms. The molecule has 1 amide bonds. The highest BCUT2D eigenvalue weighted by atomic mass is 32.1. The second-order valence-electron chi connectivity index (χ2n) is 6.05. The third-order valence-corrected chi connectivity index (χ3v) is 3.93. The van der Waals surface area contributed by atoms with Crippen molar-refractivity contribution in [2.75, 3.05) is 20.1 Å². The average Bonchev–Trinajstić information content (AvgIpc) is 2.73. The van der Waals surface area contributed by atoms with Gasteiger partial charge in [-0.15, -0.1) is 11.3 Å². The number of alkyl carbamates (subject to hydrolysis) is 1. The maximum absolute atomic E-state index is 11.7. The van der Waals surface area contributed by atoms with E-state index in [0.29, 0.717) is 13.1 Å². The van der Waals surface area contributed by atoms with E-state index in [0.717, 1.165) is 12.2 Å². The summed E-state index contributed by atoms with van der Waals surface area (Å²) in [6.07, 6.45) is -0.414. The Balaban J connectivity index is 2.47. The number of amides is 1. The van der Waals surface area contributed by atoms with E-state index in [4.69, 9.17) is 10.5 Å². The average molecular weight is 314 g/mol. The monoisotopic (exact) mass is 314 g/mol. The Morgan fingerprint density at radius 2 is 2.24 bits per heavy atom. The second-order valence-corrected chi connectivity index (χ2v) is 6.99. The van der Waals surface area contributed by atoms with Gasteiger partial charge >= 0.3 is 6.09 Å². The summed E-state index contributed by atoms with van der Waals surface area (Å²) in [5, 5.41) is 2.77. The molecule has 3 N–H and O–H groups in total. The van der Waals surface area contributed by atoms with Crippen molar-refractivity contribution in [1.29, 1.82) is 0 Å². The molecule has 1 aromatic rings. The lowest BCUT2D eigenvalue weighted by atomic mass is 10.2. The van der Waals surface area contributed by atoms with E-state index in [1.165, 1.54) is 4.88 Å². The van der Waals surface area contributed by atoms with E-state index in [-0.39, 0.29) is 6.04 Å². The second kappa shape index (κ2) is 7.72. The van der Waals surface area contributed by atoms with Crippen LogP contribution in [-0.4, -0.2) is 47.8 Å². The first-order valence-electron chi connectivity index (χ1n) is 6.99. The third-order valence-electron chi connectivity index (χ3n) is 3.01. The molecule has 0 aliphatic rings. The van der Waals surface area contributed by atoms with Crippen LogP contribution in [0.25, 0.3) is 0 Å². The van der Waals surface area contributed by atoms with Gasteiger partial charge in [0.05, 0.1) is 11.2 Å². The minimum Gasteiger partial charge on any atom is -0.444 e. The fraction of sp³-hybridized carbons (Fsp3) is 0.714. The molecule has 1 atom stereocenters. The molecule has 0 bridgehead atoms. The first kappa shape index (κ1) is 17.9. The zero-order chi connectivity index (χ0) is 16.0. The van der Waals surface area contributed by atoms with Crippen LogP contribution in [-0.2, 0) is 11.3 Å². The van der Waals surface area contributed by atoms with Gasteiger partial charge in [0.1, 0.15) is 5.60 Å². The maximum Gasteiger partial charge on any atom is 0.407 e. The van der Waals surface area contributed by atoms with Crippen molar-refractivity contribution in [3.8, 4) is 0 Å². The minimum atomic E-state index is -0.492. The summed E-state index contributed by atoms with van der Waals surface area (Å²) >= 11 is 1.63. The Bertz CT molecular complexity index is 456. The number of hydrogen-bond acceptors (Lipinski definition) is 6. The Morgan fingerprint density at radius 1 is 1.57 bits per heavy atom. The van der Waals surface area contributed by atoms with Gasteiger partial charge < -0.3 is 15.8 Å². The van der Waals surface area contributed by atoms with Crippen molar-refractivity contribution >= 4 is 17.4 Å². The summed E-state index contributed by atoms with van der Waals surface area (Å²) in [7, 11) is 1.99. The van der Waals surface area contributed by atoms with Gasteiger partial charge in [0.2, 0.25) is 0 Å². The smallest absolute Gasteiger partial charge is 0.407 e. The highest BCUT2D eigenvalue weighted by Gasteiger charge is 2.19. The summed E-state index contributed by atoms with van der Waals surface area (Å²) in [6, 6.07) is 0.0546. The molecule has 0 aliphatic carbocycles. The lowest BCUT2D eigenvalue weighted by molar-refractivity contribution is 0.0511. The van der Waals surface area contributed by atoms with Crippen molar-refractivity contribution in [2.45, 2.75) is 45.9 Å². The number of hydrogen-bond donors (Lipinski definition) is 2. The summed E-state index contributed by atoms with van der Waals surface area (Å²) in [5.41, 5.74) is 8.20. The van der Waals surface area contributed by atoms with Crippen LogP contribution in [0.5, 0.6) is 0 Å². The number of carbonyl (C=O) groups excluding carboxylic acids is 1. The van der Waals surface area contributed by atoms with Gasteiger partial charge in [0, 0.05) is 30.6 Å². The molecule has 120 valence electrons. The van der Waals surface area contributed by atoms with Gasteiger partial charge in [-0.3, -0.25) is 4.90 Å². The van der Waals surface area contributed by atoms with Crippen molar-refractivity contribution in [3.63, 3.8) is 0 Å². The summed E-state index contributed by atoms with van der Waals surface area (Å²) in [6.45, 7) is 9.21. The number of carbonyl (C=O) groups is 1. The molecule has 0 saturated heterocycles. The maximum atomic E-state index is 11.7. The molecule has 1 rings (SSSR count). The van der Waals surface area contributed by atoms with Gasteiger partial charge in [-0.25, -0.2) is 9.78 Å². The predicted octanol–water partition coefficient (Wildman–Crippen LogP) is 1.74. The third kappa shape index (κ3) is 6.41. The van der Waals surface area contributed by atoms with E-state index < -0.39 is 11.7 Å². The number of thiazole rings is 1. The topological polar surface area (TPSA) is 80.5 Å². The number of nitrogens with one attached hydrogen (secondary N) is 1. The molecule has 1 heterocycles. The Kier molecular flexibility index (Phi) is 6.57. The Labute approximate surface area is 130 Å². The minimum absolute atomic E-state index is 0.0546. The fourth-order valence-corrected chi connectivity index (χ4v) is 2.61. The Morgan fingerprint density at radius 3 is 2.71 bits per heavy atom. The molecule has 7 heteroatoms. The summed E-state index contributed by atoms with van der Waals surface area (Å²) in [5.74, 6) is 0. The van der Waals surface area contributed by atoms with Crippen molar-refractivity contribution in [3.05, 3.63) is 16.1 Å². The molecule has 0 radical (unpaired) electrons. The molecule has 0 saturated carbocycles. The van der Waals surface area contributed by atoms with E-state index in [1.807, 2.05) is 40.3 Å². The van der Waals surface area contributed by atoms with Crippen molar-refractivity contribution < 1.29 is 9.53 Å². The molecular formula is C14H26N4O2S. The van der Waals surface area contributed by atoms with Crippen LogP contribution in [0.1, 0.15) is 31.3 Å². The SMILES string of the molecule is Cc1ncsc1CN(C)C(CN)CNC(=O)OC(C)(C)C. The van der Waals surface area contributed by atoms with Gasteiger partial charge in [-0.2, -0.15) is 0 Å². The number of aryl methyl sites for hydroxylation is 1. The molecule has 0 fully saturated rings. The quantitative estimate of drug-likeness (QED) is 0.836. The highest BCUT2D eigenvalue weighted by molar-refractivity contribution is 7.09. The van der Waals surface area contributed by atoms with Crippen LogP contribution in [0.15, 0.2) is 5.51 Å². The molecule has 0 aromatic carbocycles. The predicted molar refractivity (Wildman–Crippen MR) is 85.4 cm³/mol. The molecule has 6 nitrogen and oxygen atoms in total. The number of aromatic nitrogens is 1. The van der Waals surface area contributed by atoms with Crippen LogP contribution in [0.4, 0.5) is 4.79 Å². The van der Waals surface area contributed by atoms with E-state index in [1.54, 1.807) is 11.3 Å². The van der Waals surface area contributed by atoms with Crippen LogP contribution in [0.3, 0.4) is 0 Å². The van der Waals surface area contributed by atoms with Gasteiger partial charge in [-0.1, -0.05) is 0 Å². The van der Waals surface area contributed by atoms with Crippen molar-refractivity contribution in [2.24, 2.45) is 5.73 Å². The van der Waals surface area contributed by atoms with Crippen LogP contribution < -0.4 is 11.1 Å². The lowest BCUT2D eigenvalue weighted by Crippen LogP contribution is -2.47. The van der Waals surface area contributed by atoms with Crippen LogP contribution >= 0.6 is 11.3 Å². The zero-order valence-electron chi connectivity index (χ0n) is 13.5. The van der Waals surface area contributed by atoms with Gasteiger partial charge in [0.15, 0.2) is 0 Å². The van der Waals surface area contributed by atoms with Crippen molar-refractivity contribution in [1.82, 2.24) is 15.2 Å². The molecule has 0 spiro atoms. The normalized spacial score (nSPS) is 13.3. The largest absolute Gasteiger partial charge is 0.444 e. The van der Waals surface area contributed by atoms with Crippen LogP contribution in [0, 0.1) is 6.92 Å². The highest BCUT2D eigenvalue weighted by Crippen LogP contribution is 2.15. The lowest BCUT2D eigenvalue weighted by Gasteiger charge is -2.27. The van der Waals surface area contributed by atoms with Gasteiger partial charge in [-0.05, 0) is 34.7 Å². The molecular weight excluding hydrogens is 288 g/mol. The Hall–Kier alpha value is -1.18. The molecule has 1 unspecified atom stereocenters. The van der Waals surface area contributed by atoms with E-state index in [2.05, 4.69) is 15.2 Å². The van der Waals surface area contributed by atoms with Crippen LogP contribution in [0.2, 0.25) is 0 Å². The number of ether oxygens (including phenoxy) is 1. The number of nitrogens with zero attached hydrogens (tertiary/aromatic N) is 2. The molecule has 0 aliphatic heterocycles. The summed E-state index contributed by atoms with van der Waals surface area (Å²) in [4.78, 5) is 19.3. The van der Waals surface area contributed by atoms with Gasteiger partial charge in [0.25, 0.3) is 0 Å². The first-order valence-corrected chi connectivity index (χ1v) is 7.87. The first-order chi connectivity index (χ1) is 9.73. The number of nitrogens with two attached hydrogens (primary N) is 1.